The van der Waals surface area contributed by atoms with Crippen LogP contribution in [0.2, 0.25) is 0 Å². The first kappa shape index (κ1) is 7.25. The van der Waals surface area contributed by atoms with Gasteiger partial charge in [0, 0.05) is 6.42 Å². The Bertz CT molecular complexity index is 213. The van der Waals surface area contributed by atoms with E-state index in [1.807, 2.05) is 0 Å². The van der Waals surface area contributed by atoms with Crippen LogP contribution in [0, 0.1) is 0 Å². The van der Waals surface area contributed by atoms with E-state index in [0.29, 0.717) is 25.7 Å². The van der Waals surface area contributed by atoms with Crippen molar-refractivity contribution >= 4 is 5.78 Å². The SMILES string of the molecule is O=C1CCC2(O)CCCC12O. The molecular weight excluding hydrogens is 144 g/mol. The van der Waals surface area contributed by atoms with Crippen LogP contribution in [0.15, 0.2) is 0 Å². The molecule has 2 aliphatic rings. The molecule has 2 fully saturated rings. The molecule has 2 N–H and O–H groups in total. The molecule has 0 spiro atoms. The van der Waals surface area contributed by atoms with E-state index in [1.165, 1.54) is 0 Å². The fourth-order valence-corrected chi connectivity index (χ4v) is 2.33. The van der Waals surface area contributed by atoms with Gasteiger partial charge in [-0.1, -0.05) is 0 Å². The molecule has 2 rings (SSSR count). The molecular formula is C8H12O3. The van der Waals surface area contributed by atoms with Crippen molar-refractivity contribution < 1.29 is 15.0 Å². The third kappa shape index (κ3) is 0.676. The van der Waals surface area contributed by atoms with E-state index < -0.39 is 11.2 Å². The number of hydrogen-bond donors (Lipinski definition) is 2. The highest BCUT2D eigenvalue weighted by Crippen LogP contribution is 2.48. The second-order valence-electron chi connectivity index (χ2n) is 3.67. The number of Topliss-reactive ketones (excluding diaryl/α,β-unsaturated/α-hetero) is 1. The lowest BCUT2D eigenvalue weighted by Gasteiger charge is -2.29. The van der Waals surface area contributed by atoms with Crippen LogP contribution in [0.5, 0.6) is 0 Å². The van der Waals surface area contributed by atoms with Gasteiger partial charge >= 0.3 is 0 Å². The highest BCUT2D eigenvalue weighted by molar-refractivity contribution is 5.91. The number of hydrogen-bond acceptors (Lipinski definition) is 3. The molecule has 3 nitrogen and oxygen atoms in total. The molecule has 2 saturated carbocycles. The van der Waals surface area contributed by atoms with E-state index in [2.05, 4.69) is 0 Å². The fourth-order valence-electron chi connectivity index (χ4n) is 2.33. The minimum Gasteiger partial charge on any atom is -0.386 e. The van der Waals surface area contributed by atoms with Crippen molar-refractivity contribution in [1.82, 2.24) is 0 Å². The van der Waals surface area contributed by atoms with Crippen LogP contribution in [-0.4, -0.2) is 27.2 Å². The molecule has 3 heteroatoms. The average Bonchev–Trinajstić information content (AvgIpc) is 2.34. The highest BCUT2D eigenvalue weighted by atomic mass is 16.4. The second-order valence-corrected chi connectivity index (χ2v) is 3.67. The van der Waals surface area contributed by atoms with Crippen molar-refractivity contribution in [3.8, 4) is 0 Å². The molecule has 11 heavy (non-hydrogen) atoms. The topological polar surface area (TPSA) is 57.5 Å². The van der Waals surface area contributed by atoms with Crippen LogP contribution in [0.1, 0.15) is 32.1 Å². The number of carbonyl (C=O) groups excluding carboxylic acids is 1. The molecule has 62 valence electrons. The molecule has 0 aromatic rings. The van der Waals surface area contributed by atoms with Gasteiger partial charge in [-0.15, -0.1) is 0 Å². The predicted octanol–water partition coefficient (Wildman–Crippen LogP) is -0.00460. The molecule has 0 aromatic heterocycles. The smallest absolute Gasteiger partial charge is 0.167 e. The zero-order valence-electron chi connectivity index (χ0n) is 6.34. The van der Waals surface area contributed by atoms with Gasteiger partial charge in [-0.05, 0) is 25.7 Å². The maximum Gasteiger partial charge on any atom is 0.167 e. The first-order valence-electron chi connectivity index (χ1n) is 4.07. The summed E-state index contributed by atoms with van der Waals surface area (Å²) in [4.78, 5) is 11.2. The zero-order chi connectivity index (χ0) is 8.11. The van der Waals surface area contributed by atoms with Crippen molar-refractivity contribution in [3.05, 3.63) is 0 Å². The van der Waals surface area contributed by atoms with Gasteiger partial charge in [0.15, 0.2) is 11.4 Å². The van der Waals surface area contributed by atoms with Crippen LogP contribution >= 0.6 is 0 Å². The first-order valence-corrected chi connectivity index (χ1v) is 4.07. The lowest BCUT2D eigenvalue weighted by molar-refractivity contribution is -0.150. The van der Waals surface area contributed by atoms with Crippen LogP contribution < -0.4 is 0 Å². The molecule has 0 aromatic carbocycles. The molecule has 2 atom stereocenters. The largest absolute Gasteiger partial charge is 0.386 e. The monoisotopic (exact) mass is 156 g/mol. The summed E-state index contributed by atoms with van der Waals surface area (Å²) in [7, 11) is 0. The Morgan fingerprint density at radius 2 is 1.91 bits per heavy atom. The maximum absolute atomic E-state index is 11.2. The van der Waals surface area contributed by atoms with Gasteiger partial charge in [0.25, 0.3) is 0 Å². The van der Waals surface area contributed by atoms with Crippen molar-refractivity contribution in [2.45, 2.75) is 43.3 Å². The Hall–Kier alpha value is -0.410. The van der Waals surface area contributed by atoms with Crippen LogP contribution in [0.3, 0.4) is 0 Å². The van der Waals surface area contributed by atoms with E-state index >= 15 is 0 Å². The molecule has 0 aliphatic heterocycles. The summed E-state index contributed by atoms with van der Waals surface area (Å²) in [6, 6.07) is 0. The summed E-state index contributed by atoms with van der Waals surface area (Å²) >= 11 is 0. The molecule has 2 unspecified atom stereocenters. The van der Waals surface area contributed by atoms with E-state index in [4.69, 9.17) is 0 Å². The van der Waals surface area contributed by atoms with E-state index in [9.17, 15) is 15.0 Å². The highest BCUT2D eigenvalue weighted by Gasteiger charge is 2.61. The van der Waals surface area contributed by atoms with Crippen LogP contribution in [0.25, 0.3) is 0 Å². The first-order chi connectivity index (χ1) is 5.08. The van der Waals surface area contributed by atoms with Gasteiger partial charge < -0.3 is 10.2 Å². The Labute approximate surface area is 65.0 Å². The molecule has 0 radical (unpaired) electrons. The lowest BCUT2D eigenvalue weighted by atomic mass is 9.89. The van der Waals surface area contributed by atoms with Gasteiger partial charge in [0.1, 0.15) is 5.60 Å². The van der Waals surface area contributed by atoms with Gasteiger partial charge in [0.2, 0.25) is 0 Å². The third-order valence-corrected chi connectivity index (χ3v) is 3.13. The molecule has 2 aliphatic carbocycles. The maximum atomic E-state index is 11.2. The number of aliphatic hydroxyl groups is 2. The average molecular weight is 156 g/mol. The Morgan fingerprint density at radius 1 is 1.18 bits per heavy atom. The van der Waals surface area contributed by atoms with E-state index in [1.54, 1.807) is 0 Å². The number of fused-ring (bicyclic) bond motifs is 1. The predicted molar refractivity (Wildman–Crippen MR) is 38.0 cm³/mol. The summed E-state index contributed by atoms with van der Waals surface area (Å²) in [5, 5.41) is 19.5. The van der Waals surface area contributed by atoms with Gasteiger partial charge in [-0.3, -0.25) is 4.79 Å². The van der Waals surface area contributed by atoms with Gasteiger partial charge in [-0.25, -0.2) is 0 Å². The fraction of sp³-hybridized carbons (Fsp3) is 0.875. The minimum absolute atomic E-state index is 0.169. The van der Waals surface area contributed by atoms with Crippen LogP contribution in [-0.2, 0) is 4.79 Å². The van der Waals surface area contributed by atoms with Crippen molar-refractivity contribution in [1.29, 1.82) is 0 Å². The number of ketones is 1. The van der Waals surface area contributed by atoms with Gasteiger partial charge in [-0.2, -0.15) is 0 Å². The second kappa shape index (κ2) is 1.84. The summed E-state index contributed by atoms with van der Waals surface area (Å²) in [6.45, 7) is 0. The molecule has 0 amide bonds. The third-order valence-electron chi connectivity index (χ3n) is 3.13. The van der Waals surface area contributed by atoms with Crippen LogP contribution in [0.4, 0.5) is 0 Å². The molecule has 0 saturated heterocycles. The zero-order valence-corrected chi connectivity index (χ0v) is 6.34. The summed E-state index contributed by atoms with van der Waals surface area (Å²) in [5.41, 5.74) is -2.46. The summed E-state index contributed by atoms with van der Waals surface area (Å²) < 4.78 is 0. The molecule has 0 heterocycles. The van der Waals surface area contributed by atoms with Crippen molar-refractivity contribution in [2.24, 2.45) is 0 Å². The van der Waals surface area contributed by atoms with Crippen molar-refractivity contribution in [2.75, 3.05) is 0 Å². The normalized spacial score (nSPS) is 49.8. The quantitative estimate of drug-likeness (QED) is 0.519. The molecule has 0 bridgehead atoms. The standard InChI is InChI=1S/C8H12O3/c9-6-2-5-7(10)3-1-4-8(6,7)11/h10-11H,1-5H2. The van der Waals surface area contributed by atoms with Crippen molar-refractivity contribution in [3.63, 3.8) is 0 Å². The Balaban J connectivity index is 2.41. The Kier molecular flexibility index (Phi) is 1.22. The van der Waals surface area contributed by atoms with E-state index in [-0.39, 0.29) is 5.78 Å². The summed E-state index contributed by atoms with van der Waals surface area (Å²) in [5.74, 6) is -0.169. The number of carbonyl (C=O) groups is 1. The van der Waals surface area contributed by atoms with E-state index in [0.717, 1.165) is 6.42 Å². The minimum atomic E-state index is -1.38. The summed E-state index contributed by atoms with van der Waals surface area (Å²) in [6.07, 6.45) is 2.58. The number of rotatable bonds is 0. The lowest BCUT2D eigenvalue weighted by Crippen LogP contribution is -2.49. The Morgan fingerprint density at radius 3 is 2.55 bits per heavy atom. The van der Waals surface area contributed by atoms with Gasteiger partial charge in [0.05, 0.1) is 0 Å².